The van der Waals surface area contributed by atoms with Gasteiger partial charge < -0.3 is 9.64 Å². The van der Waals surface area contributed by atoms with Gasteiger partial charge in [0.2, 0.25) is 0 Å². The standard InChI is InChI=1S/C17H27N3O2/c1-5-15-13-11-19(16(21)22-17(2,3)4)9-8-14(13)18-20(15)10-12-6-7-12/h12H,5-11H2,1-4H3. The number of carbonyl (C=O) groups is 1. The minimum Gasteiger partial charge on any atom is -0.444 e. The highest BCUT2D eigenvalue weighted by atomic mass is 16.6. The Morgan fingerprint density at radius 1 is 1.36 bits per heavy atom. The molecule has 1 aromatic heterocycles. The van der Waals surface area contributed by atoms with E-state index in [0.29, 0.717) is 13.1 Å². The molecular formula is C17H27N3O2. The molecule has 1 aromatic rings. The van der Waals surface area contributed by atoms with Crippen molar-refractivity contribution in [2.24, 2.45) is 5.92 Å². The lowest BCUT2D eigenvalue weighted by atomic mass is 10.0. The number of carbonyl (C=O) groups excluding carboxylic acids is 1. The van der Waals surface area contributed by atoms with Gasteiger partial charge in [-0.05, 0) is 46.0 Å². The van der Waals surface area contributed by atoms with Crippen LogP contribution in [0.2, 0.25) is 0 Å². The Morgan fingerprint density at radius 2 is 2.09 bits per heavy atom. The van der Waals surface area contributed by atoms with Crippen LogP contribution in [0.15, 0.2) is 0 Å². The van der Waals surface area contributed by atoms with Crippen LogP contribution in [0, 0.1) is 5.92 Å². The van der Waals surface area contributed by atoms with Crippen molar-refractivity contribution in [2.75, 3.05) is 6.54 Å². The Kier molecular flexibility index (Phi) is 3.91. The summed E-state index contributed by atoms with van der Waals surface area (Å²) in [6, 6.07) is 0. The average Bonchev–Trinajstić information content (AvgIpc) is 3.16. The van der Waals surface area contributed by atoms with Gasteiger partial charge in [-0.15, -0.1) is 0 Å². The van der Waals surface area contributed by atoms with Crippen molar-refractivity contribution < 1.29 is 9.53 Å². The second kappa shape index (κ2) is 5.60. The molecule has 0 bridgehead atoms. The number of amides is 1. The summed E-state index contributed by atoms with van der Waals surface area (Å²) in [5, 5.41) is 4.81. The molecule has 0 spiro atoms. The van der Waals surface area contributed by atoms with Crippen molar-refractivity contribution in [1.29, 1.82) is 0 Å². The third kappa shape index (κ3) is 3.28. The van der Waals surface area contributed by atoms with E-state index >= 15 is 0 Å². The third-order valence-corrected chi connectivity index (χ3v) is 4.33. The Hall–Kier alpha value is -1.52. The van der Waals surface area contributed by atoms with Gasteiger partial charge in [0.15, 0.2) is 0 Å². The summed E-state index contributed by atoms with van der Waals surface area (Å²) in [6.45, 7) is 10.3. The van der Waals surface area contributed by atoms with E-state index in [1.807, 2.05) is 25.7 Å². The molecule has 0 saturated heterocycles. The first kappa shape index (κ1) is 15.4. The highest BCUT2D eigenvalue weighted by Gasteiger charge is 2.31. The van der Waals surface area contributed by atoms with Gasteiger partial charge in [0, 0.05) is 30.8 Å². The van der Waals surface area contributed by atoms with Gasteiger partial charge in [0.05, 0.1) is 12.2 Å². The van der Waals surface area contributed by atoms with Crippen LogP contribution in [0.1, 0.15) is 57.5 Å². The van der Waals surface area contributed by atoms with Crippen LogP contribution in [-0.2, 0) is 30.7 Å². The quantitative estimate of drug-likeness (QED) is 0.862. The molecule has 0 aromatic carbocycles. The summed E-state index contributed by atoms with van der Waals surface area (Å²) in [6.07, 6.45) is 4.25. The number of hydrogen-bond acceptors (Lipinski definition) is 3. The lowest BCUT2D eigenvalue weighted by Crippen LogP contribution is -2.40. The monoisotopic (exact) mass is 305 g/mol. The van der Waals surface area contributed by atoms with Gasteiger partial charge in [-0.3, -0.25) is 4.68 Å². The maximum absolute atomic E-state index is 12.3. The van der Waals surface area contributed by atoms with Crippen LogP contribution >= 0.6 is 0 Å². The fraction of sp³-hybridized carbons (Fsp3) is 0.765. The van der Waals surface area contributed by atoms with E-state index < -0.39 is 5.60 Å². The van der Waals surface area contributed by atoms with Crippen LogP contribution in [-0.4, -0.2) is 32.9 Å². The summed E-state index contributed by atoms with van der Waals surface area (Å²) in [7, 11) is 0. The number of nitrogens with zero attached hydrogens (tertiary/aromatic N) is 3. The van der Waals surface area contributed by atoms with E-state index in [9.17, 15) is 4.79 Å². The van der Waals surface area contributed by atoms with E-state index in [4.69, 9.17) is 9.84 Å². The Morgan fingerprint density at radius 3 is 2.68 bits per heavy atom. The molecule has 1 aliphatic heterocycles. The lowest BCUT2D eigenvalue weighted by molar-refractivity contribution is 0.0223. The van der Waals surface area contributed by atoms with Crippen molar-refractivity contribution in [2.45, 2.75) is 72.1 Å². The molecule has 122 valence electrons. The average molecular weight is 305 g/mol. The van der Waals surface area contributed by atoms with Crippen molar-refractivity contribution in [1.82, 2.24) is 14.7 Å². The summed E-state index contributed by atoms with van der Waals surface area (Å²) >= 11 is 0. The normalized spacial score (nSPS) is 18.3. The predicted molar refractivity (Wildman–Crippen MR) is 84.7 cm³/mol. The van der Waals surface area contributed by atoms with E-state index in [2.05, 4.69) is 11.6 Å². The Bertz CT molecular complexity index is 567. The van der Waals surface area contributed by atoms with E-state index in [1.165, 1.54) is 29.8 Å². The molecule has 22 heavy (non-hydrogen) atoms. The van der Waals surface area contributed by atoms with Crippen LogP contribution in [0.4, 0.5) is 4.79 Å². The fourth-order valence-corrected chi connectivity index (χ4v) is 3.06. The first-order valence-corrected chi connectivity index (χ1v) is 8.42. The molecule has 1 fully saturated rings. The first-order chi connectivity index (χ1) is 10.4. The number of fused-ring (bicyclic) bond motifs is 1. The molecular weight excluding hydrogens is 278 g/mol. The molecule has 1 saturated carbocycles. The van der Waals surface area contributed by atoms with Gasteiger partial charge in [-0.1, -0.05) is 6.92 Å². The van der Waals surface area contributed by atoms with Gasteiger partial charge >= 0.3 is 6.09 Å². The second-order valence-electron chi connectivity index (χ2n) is 7.50. The molecule has 2 heterocycles. The lowest BCUT2D eigenvalue weighted by Gasteiger charge is -2.30. The molecule has 0 N–H and O–H groups in total. The van der Waals surface area contributed by atoms with E-state index in [-0.39, 0.29) is 6.09 Å². The zero-order valence-corrected chi connectivity index (χ0v) is 14.2. The van der Waals surface area contributed by atoms with Crippen LogP contribution in [0.25, 0.3) is 0 Å². The highest BCUT2D eigenvalue weighted by molar-refractivity contribution is 5.68. The largest absolute Gasteiger partial charge is 0.444 e. The van der Waals surface area contributed by atoms with Crippen LogP contribution in [0.3, 0.4) is 0 Å². The molecule has 0 radical (unpaired) electrons. The molecule has 0 unspecified atom stereocenters. The summed E-state index contributed by atoms with van der Waals surface area (Å²) in [4.78, 5) is 14.1. The van der Waals surface area contributed by atoms with Crippen molar-refractivity contribution >= 4 is 6.09 Å². The first-order valence-electron chi connectivity index (χ1n) is 8.42. The summed E-state index contributed by atoms with van der Waals surface area (Å²) in [5.41, 5.74) is 3.29. The zero-order valence-electron chi connectivity index (χ0n) is 14.2. The molecule has 3 rings (SSSR count). The third-order valence-electron chi connectivity index (χ3n) is 4.33. The Labute approximate surface area is 132 Å². The maximum Gasteiger partial charge on any atom is 0.410 e. The van der Waals surface area contributed by atoms with Crippen LogP contribution in [0.5, 0.6) is 0 Å². The minimum absolute atomic E-state index is 0.213. The predicted octanol–water partition coefficient (Wildman–Crippen LogP) is 3.15. The van der Waals surface area contributed by atoms with Crippen molar-refractivity contribution in [3.8, 4) is 0 Å². The van der Waals surface area contributed by atoms with Crippen molar-refractivity contribution in [3.63, 3.8) is 0 Å². The molecule has 1 amide bonds. The Balaban J connectivity index is 1.76. The summed E-state index contributed by atoms with van der Waals surface area (Å²) in [5.74, 6) is 0.814. The van der Waals surface area contributed by atoms with Gasteiger partial charge in [-0.25, -0.2) is 4.79 Å². The van der Waals surface area contributed by atoms with Crippen molar-refractivity contribution in [3.05, 3.63) is 17.0 Å². The van der Waals surface area contributed by atoms with E-state index in [1.54, 1.807) is 0 Å². The number of ether oxygens (including phenoxy) is 1. The van der Waals surface area contributed by atoms with Gasteiger partial charge in [-0.2, -0.15) is 5.10 Å². The molecule has 0 atom stereocenters. The van der Waals surface area contributed by atoms with E-state index in [0.717, 1.165) is 25.3 Å². The number of rotatable bonds is 3. The van der Waals surface area contributed by atoms with Gasteiger partial charge in [0.1, 0.15) is 5.60 Å². The minimum atomic E-state index is -0.443. The number of aromatic nitrogens is 2. The highest BCUT2D eigenvalue weighted by Crippen LogP contribution is 2.32. The maximum atomic E-state index is 12.3. The SMILES string of the molecule is CCc1c2c(nn1CC1CC1)CCN(C(=O)OC(C)(C)C)C2. The van der Waals surface area contributed by atoms with Crippen LogP contribution < -0.4 is 0 Å². The molecule has 5 heteroatoms. The summed E-state index contributed by atoms with van der Waals surface area (Å²) < 4.78 is 7.70. The molecule has 1 aliphatic carbocycles. The topological polar surface area (TPSA) is 47.4 Å². The smallest absolute Gasteiger partial charge is 0.410 e. The molecule has 2 aliphatic rings. The molecule has 5 nitrogen and oxygen atoms in total. The van der Waals surface area contributed by atoms with Gasteiger partial charge in [0.25, 0.3) is 0 Å². The number of hydrogen-bond donors (Lipinski definition) is 0. The zero-order chi connectivity index (χ0) is 15.9. The second-order valence-corrected chi connectivity index (χ2v) is 7.50. The fourth-order valence-electron chi connectivity index (χ4n) is 3.06.